The summed E-state index contributed by atoms with van der Waals surface area (Å²) in [6.45, 7) is 6.40. The van der Waals surface area contributed by atoms with Crippen LogP contribution >= 0.6 is 0 Å². The van der Waals surface area contributed by atoms with Crippen LogP contribution in [0.1, 0.15) is 37.6 Å². The van der Waals surface area contributed by atoms with Crippen LogP contribution in [0, 0.1) is 5.82 Å². The van der Waals surface area contributed by atoms with Crippen LogP contribution in [0.4, 0.5) is 10.2 Å². The molecule has 0 aliphatic carbocycles. The van der Waals surface area contributed by atoms with E-state index >= 15 is 0 Å². The summed E-state index contributed by atoms with van der Waals surface area (Å²) in [5.41, 5.74) is 0.243. The molecule has 17 heavy (non-hydrogen) atoms. The van der Waals surface area contributed by atoms with Crippen molar-refractivity contribution in [3.05, 3.63) is 23.6 Å². The average molecular weight is 239 g/mol. The number of amides is 1. The minimum Gasteiger partial charge on any atom is -0.369 e. The van der Waals surface area contributed by atoms with Crippen molar-refractivity contribution in [3.8, 4) is 0 Å². The van der Waals surface area contributed by atoms with E-state index in [9.17, 15) is 9.18 Å². The number of anilines is 1. The van der Waals surface area contributed by atoms with Gasteiger partial charge in [-0.15, -0.1) is 0 Å². The normalized spacial score (nSPS) is 10.4. The first-order chi connectivity index (χ1) is 8.04. The van der Waals surface area contributed by atoms with Gasteiger partial charge in [-0.2, -0.15) is 0 Å². The van der Waals surface area contributed by atoms with Gasteiger partial charge in [-0.25, -0.2) is 9.37 Å². The van der Waals surface area contributed by atoms with Gasteiger partial charge < -0.3 is 10.6 Å². The van der Waals surface area contributed by atoms with E-state index < -0.39 is 5.82 Å². The maximum atomic E-state index is 13.1. The quantitative estimate of drug-likeness (QED) is 0.828. The summed E-state index contributed by atoms with van der Waals surface area (Å²) in [5, 5.41) is 5.72. The number of hydrogen-bond donors (Lipinski definition) is 2. The lowest BCUT2D eigenvalue weighted by Crippen LogP contribution is -2.31. The Morgan fingerprint density at radius 2 is 2.24 bits per heavy atom. The monoisotopic (exact) mass is 239 g/mol. The highest BCUT2D eigenvalue weighted by Gasteiger charge is 2.14. The Morgan fingerprint density at radius 1 is 1.53 bits per heavy atom. The average Bonchev–Trinajstić information content (AvgIpc) is 2.26. The molecule has 4 nitrogen and oxygen atoms in total. The number of rotatable bonds is 5. The summed E-state index contributed by atoms with van der Waals surface area (Å²) in [7, 11) is 0. The fourth-order valence-corrected chi connectivity index (χ4v) is 1.34. The molecule has 0 radical (unpaired) electrons. The number of nitrogens with zero attached hydrogens (tertiary/aromatic N) is 1. The van der Waals surface area contributed by atoms with Gasteiger partial charge in [-0.3, -0.25) is 4.79 Å². The van der Waals surface area contributed by atoms with E-state index in [1.54, 1.807) is 0 Å². The van der Waals surface area contributed by atoms with E-state index in [1.807, 2.05) is 20.8 Å². The van der Waals surface area contributed by atoms with Gasteiger partial charge in [0, 0.05) is 12.6 Å². The smallest absolute Gasteiger partial charge is 0.255 e. The second-order valence-electron chi connectivity index (χ2n) is 4.10. The summed E-state index contributed by atoms with van der Waals surface area (Å²) in [6, 6.07) is 1.20. The van der Waals surface area contributed by atoms with E-state index in [0.717, 1.165) is 12.6 Å². The predicted octanol–water partition coefficient (Wildman–Crippen LogP) is 2.18. The topological polar surface area (TPSA) is 54.0 Å². The Kier molecular flexibility index (Phi) is 4.87. The van der Waals surface area contributed by atoms with E-state index in [-0.39, 0.29) is 17.5 Å². The summed E-state index contributed by atoms with van der Waals surface area (Å²) < 4.78 is 13.1. The molecule has 1 rings (SSSR count). The molecule has 0 saturated heterocycles. The third-order valence-corrected chi connectivity index (χ3v) is 2.06. The maximum absolute atomic E-state index is 13.1. The van der Waals surface area contributed by atoms with Gasteiger partial charge in [0.1, 0.15) is 11.6 Å². The highest BCUT2D eigenvalue weighted by atomic mass is 19.1. The number of carbonyl (C=O) groups excluding carboxylic acids is 1. The first kappa shape index (κ1) is 13.4. The van der Waals surface area contributed by atoms with Crippen LogP contribution in [-0.4, -0.2) is 23.5 Å². The van der Waals surface area contributed by atoms with Crippen LogP contribution in [-0.2, 0) is 0 Å². The van der Waals surface area contributed by atoms with Crippen LogP contribution in [0.15, 0.2) is 12.3 Å². The minimum absolute atomic E-state index is 0.00444. The SMILES string of the molecule is CCCNc1ncc(F)cc1C(=O)NC(C)C. The molecule has 0 aromatic carbocycles. The molecular formula is C12H18FN3O. The number of hydrogen-bond acceptors (Lipinski definition) is 3. The Hall–Kier alpha value is -1.65. The van der Waals surface area contributed by atoms with Crippen LogP contribution in [0.5, 0.6) is 0 Å². The first-order valence-corrected chi connectivity index (χ1v) is 5.74. The van der Waals surface area contributed by atoms with Gasteiger partial charge in [0.25, 0.3) is 5.91 Å². The van der Waals surface area contributed by atoms with Gasteiger partial charge in [-0.05, 0) is 26.3 Å². The fourth-order valence-electron chi connectivity index (χ4n) is 1.34. The zero-order chi connectivity index (χ0) is 12.8. The molecule has 1 aromatic heterocycles. The van der Waals surface area contributed by atoms with Gasteiger partial charge >= 0.3 is 0 Å². The molecule has 0 aliphatic heterocycles. The molecule has 5 heteroatoms. The zero-order valence-electron chi connectivity index (χ0n) is 10.4. The number of carbonyl (C=O) groups is 1. The first-order valence-electron chi connectivity index (χ1n) is 5.74. The van der Waals surface area contributed by atoms with E-state index in [2.05, 4.69) is 15.6 Å². The lowest BCUT2D eigenvalue weighted by molar-refractivity contribution is 0.0943. The molecular weight excluding hydrogens is 221 g/mol. The van der Waals surface area contributed by atoms with Crippen molar-refractivity contribution in [2.45, 2.75) is 33.2 Å². The molecule has 1 aromatic rings. The van der Waals surface area contributed by atoms with Gasteiger partial charge in [0.15, 0.2) is 0 Å². The standard InChI is InChI=1S/C12H18FN3O/c1-4-5-14-11-10(6-9(13)7-15-11)12(17)16-8(2)3/h6-8H,4-5H2,1-3H3,(H,14,15)(H,16,17). The van der Waals surface area contributed by atoms with E-state index in [0.29, 0.717) is 12.4 Å². The van der Waals surface area contributed by atoms with Crippen LogP contribution in [0.25, 0.3) is 0 Å². The molecule has 2 N–H and O–H groups in total. The Bertz CT molecular complexity index is 393. The minimum atomic E-state index is -0.513. The fraction of sp³-hybridized carbons (Fsp3) is 0.500. The van der Waals surface area contributed by atoms with Crippen molar-refractivity contribution in [2.24, 2.45) is 0 Å². The lowest BCUT2D eigenvalue weighted by atomic mass is 10.2. The van der Waals surface area contributed by atoms with Crippen molar-refractivity contribution in [2.75, 3.05) is 11.9 Å². The van der Waals surface area contributed by atoms with Crippen molar-refractivity contribution in [1.29, 1.82) is 0 Å². The third kappa shape index (κ3) is 4.01. The Balaban J connectivity index is 2.93. The number of pyridine rings is 1. The Labute approximate surface area is 101 Å². The van der Waals surface area contributed by atoms with Crippen LogP contribution in [0.2, 0.25) is 0 Å². The highest BCUT2D eigenvalue weighted by Crippen LogP contribution is 2.13. The largest absolute Gasteiger partial charge is 0.369 e. The van der Waals surface area contributed by atoms with Gasteiger partial charge in [-0.1, -0.05) is 6.92 Å². The summed E-state index contributed by atoms with van der Waals surface area (Å²) in [6.07, 6.45) is 2.01. The van der Waals surface area contributed by atoms with Crippen LogP contribution in [0.3, 0.4) is 0 Å². The number of nitrogens with one attached hydrogen (secondary N) is 2. The van der Waals surface area contributed by atoms with E-state index in [1.165, 1.54) is 6.07 Å². The molecule has 1 heterocycles. The summed E-state index contributed by atoms with van der Waals surface area (Å²) in [5.74, 6) is -0.405. The lowest BCUT2D eigenvalue weighted by Gasteiger charge is -2.12. The molecule has 0 spiro atoms. The van der Waals surface area contributed by atoms with Crippen molar-refractivity contribution in [3.63, 3.8) is 0 Å². The van der Waals surface area contributed by atoms with Crippen molar-refractivity contribution >= 4 is 11.7 Å². The van der Waals surface area contributed by atoms with Gasteiger partial charge in [0.2, 0.25) is 0 Å². The van der Waals surface area contributed by atoms with E-state index in [4.69, 9.17) is 0 Å². The molecule has 0 bridgehead atoms. The number of halogens is 1. The second-order valence-corrected chi connectivity index (χ2v) is 4.10. The number of aromatic nitrogens is 1. The summed E-state index contributed by atoms with van der Waals surface area (Å²) >= 11 is 0. The van der Waals surface area contributed by atoms with Gasteiger partial charge in [0.05, 0.1) is 11.8 Å². The maximum Gasteiger partial charge on any atom is 0.255 e. The highest BCUT2D eigenvalue weighted by molar-refractivity contribution is 5.98. The molecule has 0 aliphatic rings. The molecule has 94 valence electrons. The van der Waals surface area contributed by atoms with Crippen molar-refractivity contribution < 1.29 is 9.18 Å². The van der Waals surface area contributed by atoms with Crippen molar-refractivity contribution in [1.82, 2.24) is 10.3 Å². The molecule has 0 saturated carbocycles. The molecule has 0 unspecified atom stereocenters. The third-order valence-electron chi connectivity index (χ3n) is 2.06. The zero-order valence-corrected chi connectivity index (χ0v) is 10.4. The predicted molar refractivity (Wildman–Crippen MR) is 65.6 cm³/mol. The van der Waals surface area contributed by atoms with Crippen LogP contribution < -0.4 is 10.6 Å². The summed E-state index contributed by atoms with van der Waals surface area (Å²) in [4.78, 5) is 15.7. The molecule has 1 amide bonds. The molecule has 0 fully saturated rings. The second kappa shape index (κ2) is 6.18. The Morgan fingerprint density at radius 3 is 2.82 bits per heavy atom. The molecule has 0 atom stereocenters.